The second kappa shape index (κ2) is 5.65. The largest absolute Gasteiger partial charge is 0.488 e. The van der Waals surface area contributed by atoms with Crippen molar-refractivity contribution in [1.82, 2.24) is 0 Å². The van der Waals surface area contributed by atoms with Crippen LogP contribution in [0.2, 0.25) is 0 Å². The number of para-hydroxylation sites is 1. The lowest BCUT2D eigenvalue weighted by Crippen LogP contribution is -2.00. The molecule has 0 aliphatic heterocycles. The highest BCUT2D eigenvalue weighted by Gasteiger charge is 2.06. The number of aliphatic hydroxyl groups is 1. The molecule has 0 radical (unpaired) electrons. The first-order valence-electron chi connectivity index (χ1n) is 5.77. The molecule has 0 saturated heterocycles. The highest BCUT2D eigenvalue weighted by atomic mass is 19.1. The average Bonchev–Trinajstić information content (AvgIpc) is 2.39. The number of hydrogen-bond donors (Lipinski definition) is 1. The summed E-state index contributed by atoms with van der Waals surface area (Å²) in [5.41, 5.74) is 2.63. The quantitative estimate of drug-likeness (QED) is 0.897. The molecule has 0 atom stereocenters. The molecule has 0 bridgehead atoms. The minimum Gasteiger partial charge on any atom is -0.488 e. The minimum absolute atomic E-state index is 0.0551. The Labute approximate surface area is 106 Å². The topological polar surface area (TPSA) is 29.5 Å². The van der Waals surface area contributed by atoms with Crippen molar-refractivity contribution in [2.45, 2.75) is 20.1 Å². The van der Waals surface area contributed by atoms with Gasteiger partial charge in [-0.15, -0.1) is 0 Å². The van der Waals surface area contributed by atoms with Crippen molar-refractivity contribution in [3.63, 3.8) is 0 Å². The number of ether oxygens (including phenoxy) is 1. The lowest BCUT2D eigenvalue weighted by Gasteiger charge is -2.12. The van der Waals surface area contributed by atoms with Gasteiger partial charge in [-0.2, -0.15) is 0 Å². The minimum atomic E-state index is -0.259. The monoisotopic (exact) mass is 246 g/mol. The Kier molecular flexibility index (Phi) is 3.95. The second-order valence-electron chi connectivity index (χ2n) is 4.14. The summed E-state index contributed by atoms with van der Waals surface area (Å²) < 4.78 is 18.5. The summed E-state index contributed by atoms with van der Waals surface area (Å²) in [7, 11) is 0. The SMILES string of the molecule is Cc1cccc(CO)c1OCc1ccc(F)cc1. The Morgan fingerprint density at radius 2 is 1.83 bits per heavy atom. The number of benzene rings is 2. The molecule has 0 fully saturated rings. The Balaban J connectivity index is 2.12. The van der Waals surface area contributed by atoms with Crippen LogP contribution in [0, 0.1) is 12.7 Å². The van der Waals surface area contributed by atoms with Crippen molar-refractivity contribution in [1.29, 1.82) is 0 Å². The van der Waals surface area contributed by atoms with Crippen LogP contribution in [-0.2, 0) is 13.2 Å². The summed E-state index contributed by atoms with van der Waals surface area (Å²) in [5.74, 6) is 0.440. The van der Waals surface area contributed by atoms with Gasteiger partial charge in [-0.1, -0.05) is 30.3 Å². The number of aryl methyl sites for hydroxylation is 1. The molecular formula is C15H15FO2. The van der Waals surface area contributed by atoms with Gasteiger partial charge in [-0.3, -0.25) is 0 Å². The van der Waals surface area contributed by atoms with E-state index in [2.05, 4.69) is 0 Å². The molecule has 0 amide bonds. The van der Waals surface area contributed by atoms with Crippen LogP contribution < -0.4 is 4.74 Å². The maximum Gasteiger partial charge on any atom is 0.128 e. The molecule has 0 saturated carbocycles. The summed E-state index contributed by atoms with van der Waals surface area (Å²) in [6, 6.07) is 11.8. The first kappa shape index (κ1) is 12.6. The van der Waals surface area contributed by atoms with Crippen LogP contribution in [0.25, 0.3) is 0 Å². The van der Waals surface area contributed by atoms with E-state index < -0.39 is 0 Å². The summed E-state index contributed by atoms with van der Waals surface area (Å²) in [4.78, 5) is 0. The average molecular weight is 246 g/mol. The molecule has 18 heavy (non-hydrogen) atoms. The van der Waals surface area contributed by atoms with Crippen LogP contribution in [0.4, 0.5) is 4.39 Å². The van der Waals surface area contributed by atoms with E-state index >= 15 is 0 Å². The number of hydrogen-bond acceptors (Lipinski definition) is 2. The summed E-state index contributed by atoms with van der Waals surface area (Å²) in [5, 5.41) is 9.25. The van der Waals surface area contributed by atoms with Crippen molar-refractivity contribution in [2.75, 3.05) is 0 Å². The van der Waals surface area contributed by atoms with Crippen LogP contribution >= 0.6 is 0 Å². The Morgan fingerprint density at radius 1 is 1.11 bits per heavy atom. The van der Waals surface area contributed by atoms with Gasteiger partial charge in [-0.05, 0) is 30.2 Å². The van der Waals surface area contributed by atoms with Crippen LogP contribution in [0.5, 0.6) is 5.75 Å². The molecule has 2 rings (SSSR count). The van der Waals surface area contributed by atoms with Gasteiger partial charge in [0, 0.05) is 5.56 Å². The molecule has 0 heterocycles. The van der Waals surface area contributed by atoms with Gasteiger partial charge in [0.15, 0.2) is 0 Å². The van der Waals surface area contributed by atoms with Crippen molar-refractivity contribution in [3.05, 3.63) is 65.0 Å². The zero-order valence-electron chi connectivity index (χ0n) is 10.2. The maximum absolute atomic E-state index is 12.8. The van der Waals surface area contributed by atoms with Crippen molar-refractivity contribution in [3.8, 4) is 5.75 Å². The van der Waals surface area contributed by atoms with Gasteiger partial charge in [0.1, 0.15) is 18.2 Å². The van der Waals surface area contributed by atoms with Gasteiger partial charge in [0.2, 0.25) is 0 Å². The number of rotatable bonds is 4. The molecule has 0 aliphatic rings. The van der Waals surface area contributed by atoms with E-state index in [9.17, 15) is 9.50 Å². The fourth-order valence-electron chi connectivity index (χ4n) is 1.78. The summed E-state index contributed by atoms with van der Waals surface area (Å²) >= 11 is 0. The third-order valence-electron chi connectivity index (χ3n) is 2.76. The van der Waals surface area contributed by atoms with E-state index in [1.54, 1.807) is 12.1 Å². The lowest BCUT2D eigenvalue weighted by molar-refractivity contribution is 0.258. The standard InChI is InChI=1S/C15H15FO2/c1-11-3-2-4-13(9-17)15(11)18-10-12-5-7-14(16)8-6-12/h2-8,17H,9-10H2,1H3. The molecular weight excluding hydrogens is 231 g/mol. The molecule has 2 nitrogen and oxygen atoms in total. The van der Waals surface area contributed by atoms with Crippen molar-refractivity contribution in [2.24, 2.45) is 0 Å². The molecule has 94 valence electrons. The fraction of sp³-hybridized carbons (Fsp3) is 0.200. The van der Waals surface area contributed by atoms with Gasteiger partial charge < -0.3 is 9.84 Å². The molecule has 1 N–H and O–H groups in total. The Hall–Kier alpha value is -1.87. The van der Waals surface area contributed by atoms with Gasteiger partial charge in [0.05, 0.1) is 6.61 Å². The molecule has 3 heteroatoms. The highest BCUT2D eigenvalue weighted by Crippen LogP contribution is 2.24. The van der Waals surface area contributed by atoms with Crippen LogP contribution in [0.1, 0.15) is 16.7 Å². The molecule has 2 aromatic carbocycles. The van der Waals surface area contributed by atoms with Crippen molar-refractivity contribution < 1.29 is 14.2 Å². The first-order chi connectivity index (χ1) is 8.70. The van der Waals surface area contributed by atoms with Gasteiger partial charge in [0.25, 0.3) is 0 Å². The molecule has 0 aliphatic carbocycles. The van der Waals surface area contributed by atoms with Crippen LogP contribution in [-0.4, -0.2) is 5.11 Å². The third-order valence-corrected chi connectivity index (χ3v) is 2.76. The molecule has 0 aromatic heterocycles. The predicted molar refractivity (Wildman–Crippen MR) is 67.8 cm³/mol. The van der Waals surface area contributed by atoms with E-state index in [4.69, 9.17) is 4.74 Å². The number of halogens is 1. The first-order valence-corrected chi connectivity index (χ1v) is 5.77. The lowest BCUT2D eigenvalue weighted by atomic mass is 10.1. The van der Waals surface area contributed by atoms with E-state index in [1.807, 2.05) is 25.1 Å². The van der Waals surface area contributed by atoms with Crippen LogP contribution in [0.3, 0.4) is 0 Å². The maximum atomic E-state index is 12.8. The van der Waals surface area contributed by atoms with Crippen LogP contribution in [0.15, 0.2) is 42.5 Å². The third kappa shape index (κ3) is 2.87. The van der Waals surface area contributed by atoms with E-state index in [0.717, 1.165) is 16.7 Å². The highest BCUT2D eigenvalue weighted by molar-refractivity contribution is 5.40. The Morgan fingerprint density at radius 3 is 2.50 bits per heavy atom. The fourth-order valence-corrected chi connectivity index (χ4v) is 1.78. The zero-order valence-corrected chi connectivity index (χ0v) is 10.2. The van der Waals surface area contributed by atoms with E-state index in [-0.39, 0.29) is 12.4 Å². The second-order valence-corrected chi connectivity index (χ2v) is 4.14. The smallest absolute Gasteiger partial charge is 0.128 e. The summed E-state index contributed by atoms with van der Waals surface area (Å²) in [6.07, 6.45) is 0. The van der Waals surface area contributed by atoms with E-state index in [1.165, 1.54) is 12.1 Å². The van der Waals surface area contributed by atoms with E-state index in [0.29, 0.717) is 12.4 Å². The number of aliphatic hydroxyl groups excluding tert-OH is 1. The molecule has 0 unspecified atom stereocenters. The van der Waals surface area contributed by atoms with Gasteiger partial charge >= 0.3 is 0 Å². The molecule has 0 spiro atoms. The normalized spacial score (nSPS) is 10.4. The van der Waals surface area contributed by atoms with Crippen molar-refractivity contribution >= 4 is 0 Å². The van der Waals surface area contributed by atoms with Gasteiger partial charge in [-0.25, -0.2) is 4.39 Å². The molecule has 2 aromatic rings. The zero-order chi connectivity index (χ0) is 13.0. The predicted octanol–water partition coefficient (Wildman–Crippen LogP) is 3.21. The summed E-state index contributed by atoms with van der Waals surface area (Å²) in [6.45, 7) is 2.23. The Bertz CT molecular complexity index is 521.